The van der Waals surface area contributed by atoms with Crippen molar-refractivity contribution < 1.29 is 8.78 Å². The SMILES string of the molecule is O=c1[nH]c(Nc2cc(F)ccc2F)nc2ccccc12. The second kappa shape index (κ2) is 4.73. The predicted molar refractivity (Wildman–Crippen MR) is 72.0 cm³/mol. The van der Waals surface area contributed by atoms with Gasteiger partial charge in [-0.15, -0.1) is 0 Å². The summed E-state index contributed by atoms with van der Waals surface area (Å²) in [6.45, 7) is 0. The Morgan fingerprint density at radius 2 is 1.90 bits per heavy atom. The van der Waals surface area contributed by atoms with Gasteiger partial charge in [-0.25, -0.2) is 13.8 Å². The summed E-state index contributed by atoms with van der Waals surface area (Å²) in [5.74, 6) is -1.17. The van der Waals surface area contributed by atoms with E-state index in [-0.39, 0.29) is 17.2 Å². The Bertz CT molecular complexity index is 845. The fourth-order valence-electron chi connectivity index (χ4n) is 1.87. The number of hydrogen-bond acceptors (Lipinski definition) is 3. The van der Waals surface area contributed by atoms with Gasteiger partial charge < -0.3 is 5.32 Å². The van der Waals surface area contributed by atoms with E-state index in [0.29, 0.717) is 10.9 Å². The molecule has 0 atom stereocenters. The highest BCUT2D eigenvalue weighted by Crippen LogP contribution is 2.19. The van der Waals surface area contributed by atoms with Gasteiger partial charge in [0.1, 0.15) is 11.6 Å². The number of fused-ring (bicyclic) bond motifs is 1. The third-order valence-corrected chi connectivity index (χ3v) is 2.79. The predicted octanol–water partition coefficient (Wildman–Crippen LogP) is 2.94. The fourth-order valence-corrected chi connectivity index (χ4v) is 1.87. The summed E-state index contributed by atoms with van der Waals surface area (Å²) >= 11 is 0. The number of aromatic amines is 1. The van der Waals surface area contributed by atoms with E-state index in [1.165, 1.54) is 0 Å². The summed E-state index contributed by atoms with van der Waals surface area (Å²) in [5, 5.41) is 2.99. The van der Waals surface area contributed by atoms with Crippen LogP contribution >= 0.6 is 0 Å². The van der Waals surface area contributed by atoms with Crippen molar-refractivity contribution in [3.63, 3.8) is 0 Å². The molecule has 1 aromatic heterocycles. The van der Waals surface area contributed by atoms with Crippen LogP contribution in [0.3, 0.4) is 0 Å². The van der Waals surface area contributed by atoms with E-state index >= 15 is 0 Å². The van der Waals surface area contributed by atoms with Gasteiger partial charge in [0.05, 0.1) is 16.6 Å². The van der Waals surface area contributed by atoms with Crippen molar-refractivity contribution in [3.8, 4) is 0 Å². The Balaban J connectivity index is 2.07. The average molecular weight is 273 g/mol. The van der Waals surface area contributed by atoms with E-state index < -0.39 is 11.6 Å². The van der Waals surface area contributed by atoms with Crippen LogP contribution in [-0.4, -0.2) is 9.97 Å². The highest BCUT2D eigenvalue weighted by molar-refractivity contribution is 5.78. The molecule has 0 saturated heterocycles. The number of para-hydroxylation sites is 1. The molecule has 0 unspecified atom stereocenters. The van der Waals surface area contributed by atoms with E-state index in [4.69, 9.17) is 0 Å². The lowest BCUT2D eigenvalue weighted by atomic mass is 10.2. The molecule has 4 nitrogen and oxygen atoms in total. The molecule has 3 aromatic rings. The van der Waals surface area contributed by atoms with Gasteiger partial charge in [0.2, 0.25) is 5.95 Å². The molecule has 0 spiro atoms. The Morgan fingerprint density at radius 1 is 1.10 bits per heavy atom. The Labute approximate surface area is 112 Å². The maximum Gasteiger partial charge on any atom is 0.260 e. The van der Waals surface area contributed by atoms with Crippen LogP contribution < -0.4 is 10.9 Å². The van der Waals surface area contributed by atoms with Crippen LogP contribution in [0.2, 0.25) is 0 Å². The molecule has 0 aliphatic heterocycles. The first-order valence-electron chi connectivity index (χ1n) is 5.84. The van der Waals surface area contributed by atoms with Gasteiger partial charge in [-0.3, -0.25) is 9.78 Å². The van der Waals surface area contributed by atoms with Gasteiger partial charge in [-0.1, -0.05) is 12.1 Å². The highest BCUT2D eigenvalue weighted by atomic mass is 19.1. The first kappa shape index (κ1) is 12.3. The number of nitrogens with one attached hydrogen (secondary N) is 2. The fraction of sp³-hybridized carbons (Fsp3) is 0. The van der Waals surface area contributed by atoms with E-state index in [2.05, 4.69) is 15.3 Å². The monoisotopic (exact) mass is 273 g/mol. The van der Waals surface area contributed by atoms with Crippen molar-refractivity contribution in [2.75, 3.05) is 5.32 Å². The number of nitrogens with zero attached hydrogens (tertiary/aromatic N) is 1. The summed E-state index contributed by atoms with van der Waals surface area (Å²) in [4.78, 5) is 18.5. The van der Waals surface area contributed by atoms with E-state index in [1.807, 2.05) is 0 Å². The quantitative estimate of drug-likeness (QED) is 0.754. The second-order valence-electron chi connectivity index (χ2n) is 4.18. The van der Waals surface area contributed by atoms with Crippen LogP contribution in [0.1, 0.15) is 0 Å². The molecular weight excluding hydrogens is 264 g/mol. The third kappa shape index (κ3) is 2.23. The van der Waals surface area contributed by atoms with Crippen molar-refractivity contribution in [3.05, 3.63) is 64.5 Å². The summed E-state index contributed by atoms with van der Waals surface area (Å²) in [6, 6.07) is 9.75. The normalized spacial score (nSPS) is 10.7. The van der Waals surface area contributed by atoms with Crippen molar-refractivity contribution in [2.45, 2.75) is 0 Å². The molecule has 6 heteroatoms. The molecule has 2 aromatic carbocycles. The molecule has 0 fully saturated rings. The minimum Gasteiger partial charge on any atom is -0.323 e. The Hall–Kier alpha value is -2.76. The molecular formula is C14H9F2N3O. The largest absolute Gasteiger partial charge is 0.323 e. The zero-order valence-corrected chi connectivity index (χ0v) is 10.2. The number of halogens is 2. The summed E-state index contributed by atoms with van der Waals surface area (Å²) < 4.78 is 26.6. The molecule has 0 aliphatic carbocycles. The molecule has 100 valence electrons. The number of benzene rings is 2. The zero-order chi connectivity index (χ0) is 14.1. The van der Waals surface area contributed by atoms with Gasteiger partial charge in [0, 0.05) is 6.07 Å². The van der Waals surface area contributed by atoms with Gasteiger partial charge in [0.25, 0.3) is 5.56 Å². The zero-order valence-electron chi connectivity index (χ0n) is 10.2. The van der Waals surface area contributed by atoms with Crippen LogP contribution in [0.4, 0.5) is 20.4 Å². The third-order valence-electron chi connectivity index (χ3n) is 2.79. The van der Waals surface area contributed by atoms with E-state index in [1.54, 1.807) is 24.3 Å². The maximum atomic E-state index is 13.5. The Morgan fingerprint density at radius 3 is 2.75 bits per heavy atom. The van der Waals surface area contributed by atoms with Crippen molar-refractivity contribution in [1.82, 2.24) is 9.97 Å². The maximum absolute atomic E-state index is 13.5. The van der Waals surface area contributed by atoms with Crippen molar-refractivity contribution in [1.29, 1.82) is 0 Å². The Kier molecular flexibility index (Phi) is 2.90. The standard InChI is InChI=1S/C14H9F2N3O/c15-8-5-6-10(16)12(7-8)18-14-17-11-4-2-1-3-9(11)13(20)19-14/h1-7H,(H2,17,18,19,20). The molecule has 0 saturated carbocycles. The number of rotatable bonds is 2. The lowest BCUT2D eigenvalue weighted by Crippen LogP contribution is -2.11. The first-order chi connectivity index (χ1) is 9.63. The van der Waals surface area contributed by atoms with Crippen LogP contribution in [0.15, 0.2) is 47.3 Å². The number of aromatic nitrogens is 2. The summed E-state index contributed by atoms with van der Waals surface area (Å²) in [7, 11) is 0. The molecule has 0 aliphatic rings. The molecule has 20 heavy (non-hydrogen) atoms. The molecule has 3 rings (SSSR count). The van der Waals surface area contributed by atoms with Gasteiger partial charge in [-0.05, 0) is 24.3 Å². The van der Waals surface area contributed by atoms with Gasteiger partial charge >= 0.3 is 0 Å². The van der Waals surface area contributed by atoms with E-state index in [9.17, 15) is 13.6 Å². The summed E-state index contributed by atoms with van der Waals surface area (Å²) in [6.07, 6.45) is 0. The summed E-state index contributed by atoms with van der Waals surface area (Å²) in [5.41, 5.74) is 0.0221. The minimum absolute atomic E-state index is 0.0539. The lowest BCUT2D eigenvalue weighted by molar-refractivity contribution is 0.603. The first-order valence-corrected chi connectivity index (χ1v) is 5.84. The van der Waals surface area contributed by atoms with Crippen LogP contribution in [0.5, 0.6) is 0 Å². The van der Waals surface area contributed by atoms with Crippen molar-refractivity contribution in [2.24, 2.45) is 0 Å². The highest BCUT2D eigenvalue weighted by Gasteiger charge is 2.07. The average Bonchev–Trinajstić information content (AvgIpc) is 2.43. The molecule has 0 amide bonds. The lowest BCUT2D eigenvalue weighted by Gasteiger charge is -2.07. The topological polar surface area (TPSA) is 57.8 Å². The minimum atomic E-state index is -0.637. The van der Waals surface area contributed by atoms with Gasteiger partial charge in [-0.2, -0.15) is 0 Å². The molecule has 2 N–H and O–H groups in total. The van der Waals surface area contributed by atoms with Crippen LogP contribution in [0.25, 0.3) is 10.9 Å². The number of anilines is 2. The van der Waals surface area contributed by atoms with Crippen LogP contribution in [-0.2, 0) is 0 Å². The van der Waals surface area contributed by atoms with Gasteiger partial charge in [0.15, 0.2) is 0 Å². The molecule has 0 radical (unpaired) electrons. The van der Waals surface area contributed by atoms with Crippen LogP contribution in [0, 0.1) is 11.6 Å². The van der Waals surface area contributed by atoms with Crippen molar-refractivity contribution >= 4 is 22.5 Å². The number of H-pyrrole nitrogens is 1. The molecule has 0 bridgehead atoms. The smallest absolute Gasteiger partial charge is 0.260 e. The second-order valence-corrected chi connectivity index (χ2v) is 4.18. The van der Waals surface area contributed by atoms with E-state index in [0.717, 1.165) is 18.2 Å². The number of hydrogen-bond donors (Lipinski definition) is 2. The molecule has 1 heterocycles.